The zero-order valence-corrected chi connectivity index (χ0v) is 30.0. The third kappa shape index (κ3) is 4.05. The van der Waals surface area contributed by atoms with Gasteiger partial charge in [-0.15, -0.1) is 11.3 Å². The lowest BCUT2D eigenvalue weighted by atomic mass is 9.65. The molecule has 3 heteroatoms. The summed E-state index contributed by atoms with van der Waals surface area (Å²) in [6, 6.07) is 69.1. The second-order valence-corrected chi connectivity index (χ2v) is 15.5. The van der Waals surface area contributed by atoms with Crippen LogP contribution < -0.4 is 9.64 Å². The van der Waals surface area contributed by atoms with Gasteiger partial charge in [0.25, 0.3) is 0 Å². The topological polar surface area (TPSA) is 12.5 Å². The van der Waals surface area contributed by atoms with Crippen LogP contribution in [0.25, 0.3) is 52.8 Å². The van der Waals surface area contributed by atoms with Crippen molar-refractivity contribution in [2.45, 2.75) is 5.41 Å². The molecule has 0 radical (unpaired) electrons. The van der Waals surface area contributed by atoms with Crippen LogP contribution in [-0.4, -0.2) is 0 Å². The third-order valence-corrected chi connectivity index (χ3v) is 12.8. The molecule has 2 nitrogen and oxygen atoms in total. The lowest BCUT2D eigenvalue weighted by Gasteiger charge is -2.40. The summed E-state index contributed by atoms with van der Waals surface area (Å²) in [4.78, 5) is 2.45. The van der Waals surface area contributed by atoms with Crippen LogP contribution in [0.15, 0.2) is 188 Å². The number of fused-ring (bicyclic) bond motifs is 15. The highest BCUT2D eigenvalue weighted by Gasteiger charge is 2.52. The molecule has 0 saturated carbocycles. The van der Waals surface area contributed by atoms with Crippen LogP contribution in [0.5, 0.6) is 11.5 Å². The molecule has 0 amide bonds. The van der Waals surface area contributed by atoms with Crippen molar-refractivity contribution in [3.05, 3.63) is 210 Å². The van der Waals surface area contributed by atoms with Gasteiger partial charge in [0.1, 0.15) is 11.5 Å². The number of ether oxygens (including phenoxy) is 1. The predicted molar refractivity (Wildman–Crippen MR) is 226 cm³/mol. The van der Waals surface area contributed by atoms with Gasteiger partial charge >= 0.3 is 0 Å². The number of benzene rings is 9. The summed E-state index contributed by atoms with van der Waals surface area (Å²) < 4.78 is 9.41. The molecule has 1 aromatic heterocycles. The molecular weight excluding hydrogens is 675 g/mol. The summed E-state index contributed by atoms with van der Waals surface area (Å²) in [5.74, 6) is 1.80. The Balaban J connectivity index is 1.17. The van der Waals surface area contributed by atoms with E-state index < -0.39 is 5.41 Å². The van der Waals surface area contributed by atoms with E-state index in [-0.39, 0.29) is 0 Å². The first kappa shape index (κ1) is 29.9. The molecule has 0 N–H and O–H groups in total. The Morgan fingerprint density at radius 2 is 1.02 bits per heavy atom. The van der Waals surface area contributed by atoms with E-state index in [0.717, 1.165) is 28.6 Å². The van der Waals surface area contributed by atoms with Crippen LogP contribution in [0, 0.1) is 0 Å². The maximum absolute atomic E-state index is 6.82. The molecule has 0 saturated heterocycles. The maximum Gasteiger partial charge on any atom is 0.132 e. The van der Waals surface area contributed by atoms with E-state index in [2.05, 4.69) is 193 Å². The SMILES string of the molecule is c1ccc2c(c1)Oc1ccc3ccccc3c1C21c2ccccc2-c2ccc(N(c3ccc4ccccc4c3)c3ccc4c(c3)sc3ccccc34)cc21. The highest BCUT2D eigenvalue weighted by atomic mass is 32.1. The van der Waals surface area contributed by atoms with Crippen molar-refractivity contribution < 1.29 is 4.74 Å². The number of hydrogen-bond donors (Lipinski definition) is 0. The quantitative estimate of drug-likeness (QED) is 0.181. The predicted octanol–water partition coefficient (Wildman–Crippen LogP) is 14.3. The maximum atomic E-state index is 6.82. The smallest absolute Gasteiger partial charge is 0.132 e. The Hall–Kier alpha value is -6.68. The summed E-state index contributed by atoms with van der Waals surface area (Å²) >= 11 is 1.86. The fourth-order valence-corrected chi connectivity index (χ4v) is 10.6. The molecule has 9 aromatic carbocycles. The largest absolute Gasteiger partial charge is 0.457 e. The normalized spacial score (nSPS) is 15.3. The van der Waals surface area contributed by atoms with E-state index in [9.17, 15) is 0 Å². The molecule has 2 heterocycles. The summed E-state index contributed by atoms with van der Waals surface area (Å²) in [5, 5.41) is 7.46. The van der Waals surface area contributed by atoms with Crippen LogP contribution in [0.4, 0.5) is 17.1 Å². The lowest BCUT2D eigenvalue weighted by molar-refractivity contribution is 0.438. The minimum atomic E-state index is -0.600. The van der Waals surface area contributed by atoms with Crippen LogP contribution in [-0.2, 0) is 5.41 Å². The Morgan fingerprint density at radius 3 is 1.94 bits per heavy atom. The van der Waals surface area contributed by atoms with Crippen molar-refractivity contribution in [3.63, 3.8) is 0 Å². The molecule has 0 fully saturated rings. The first-order chi connectivity index (χ1) is 26.8. The molecule has 10 aromatic rings. The van der Waals surface area contributed by atoms with Gasteiger partial charge in [-0.3, -0.25) is 0 Å². The molecule has 252 valence electrons. The number of nitrogens with zero attached hydrogens (tertiary/aromatic N) is 1. The zero-order valence-electron chi connectivity index (χ0n) is 29.2. The molecule has 12 rings (SSSR count). The van der Waals surface area contributed by atoms with Gasteiger partial charge in [0.15, 0.2) is 0 Å². The molecule has 1 unspecified atom stereocenters. The van der Waals surface area contributed by atoms with E-state index in [1.807, 2.05) is 11.3 Å². The van der Waals surface area contributed by atoms with E-state index in [1.165, 1.54) is 75.1 Å². The first-order valence-electron chi connectivity index (χ1n) is 18.5. The number of rotatable bonds is 3. The van der Waals surface area contributed by atoms with Crippen LogP contribution in [0.1, 0.15) is 22.3 Å². The summed E-state index contributed by atoms with van der Waals surface area (Å²) in [6.07, 6.45) is 0. The van der Waals surface area contributed by atoms with Crippen LogP contribution in [0.3, 0.4) is 0 Å². The standard InChI is InChI=1S/C51H31NOS/c1-2-13-34-29-35(23-21-32(34)11-1)52(37-25-27-42-41-16-6-10-20-48(41)54-49(42)31-37)36-24-26-40-39-15-5-7-17-43(39)51(45(40)30-36)44-18-8-9-19-46(44)53-47-28-22-33-12-3-4-14-38(33)50(47)51/h1-31H. The summed E-state index contributed by atoms with van der Waals surface area (Å²) in [7, 11) is 0. The molecule has 0 bridgehead atoms. The van der Waals surface area contributed by atoms with Crippen LogP contribution in [0.2, 0.25) is 0 Å². The Morgan fingerprint density at radius 1 is 0.389 bits per heavy atom. The highest BCUT2D eigenvalue weighted by Crippen LogP contribution is 2.64. The van der Waals surface area contributed by atoms with Crippen LogP contribution >= 0.6 is 11.3 Å². The monoisotopic (exact) mass is 705 g/mol. The molecule has 1 spiro atoms. The fourth-order valence-electron chi connectivity index (χ4n) is 9.42. The van der Waals surface area contributed by atoms with Gasteiger partial charge < -0.3 is 9.64 Å². The molecule has 1 atom stereocenters. The van der Waals surface area contributed by atoms with Crippen molar-refractivity contribution >= 4 is 70.1 Å². The van der Waals surface area contributed by atoms with E-state index in [1.54, 1.807) is 0 Å². The van der Waals surface area contributed by atoms with Crippen molar-refractivity contribution in [2.24, 2.45) is 0 Å². The van der Waals surface area contributed by atoms with Gasteiger partial charge in [-0.25, -0.2) is 0 Å². The molecule has 54 heavy (non-hydrogen) atoms. The van der Waals surface area contributed by atoms with E-state index >= 15 is 0 Å². The average Bonchev–Trinajstić information content (AvgIpc) is 3.74. The van der Waals surface area contributed by atoms with Gasteiger partial charge in [0, 0.05) is 48.4 Å². The minimum Gasteiger partial charge on any atom is -0.457 e. The van der Waals surface area contributed by atoms with Crippen molar-refractivity contribution in [1.82, 2.24) is 0 Å². The average molecular weight is 706 g/mol. The highest BCUT2D eigenvalue weighted by molar-refractivity contribution is 7.25. The molecular formula is C51H31NOS. The first-order valence-corrected chi connectivity index (χ1v) is 19.3. The second kappa shape index (κ2) is 11.2. The van der Waals surface area contributed by atoms with Gasteiger partial charge in [0.05, 0.1) is 5.41 Å². The van der Waals surface area contributed by atoms with Crippen molar-refractivity contribution in [1.29, 1.82) is 0 Å². The number of anilines is 3. The van der Waals surface area contributed by atoms with Crippen molar-refractivity contribution in [2.75, 3.05) is 4.90 Å². The van der Waals surface area contributed by atoms with E-state index in [4.69, 9.17) is 4.74 Å². The van der Waals surface area contributed by atoms with Crippen molar-refractivity contribution in [3.8, 4) is 22.6 Å². The lowest BCUT2D eigenvalue weighted by Crippen LogP contribution is -2.32. The number of thiophene rings is 1. The summed E-state index contributed by atoms with van der Waals surface area (Å²) in [6.45, 7) is 0. The van der Waals surface area contributed by atoms with Gasteiger partial charge in [-0.05, 0) is 98.4 Å². The zero-order chi connectivity index (χ0) is 35.4. The van der Waals surface area contributed by atoms with Gasteiger partial charge in [0.2, 0.25) is 0 Å². The molecule has 2 aliphatic rings. The Kier molecular flexibility index (Phi) is 6.17. The number of para-hydroxylation sites is 1. The third-order valence-electron chi connectivity index (χ3n) is 11.7. The Bertz CT molecular complexity index is 3180. The molecule has 1 aliphatic carbocycles. The van der Waals surface area contributed by atoms with Gasteiger partial charge in [-0.1, -0.05) is 133 Å². The fraction of sp³-hybridized carbons (Fsp3) is 0.0196. The summed E-state index contributed by atoms with van der Waals surface area (Å²) in [5.41, 5.74) is 10.2. The van der Waals surface area contributed by atoms with Gasteiger partial charge in [-0.2, -0.15) is 0 Å². The van der Waals surface area contributed by atoms with E-state index in [0.29, 0.717) is 0 Å². The molecule has 1 aliphatic heterocycles. The minimum absolute atomic E-state index is 0.600. The number of hydrogen-bond acceptors (Lipinski definition) is 3. The Labute approximate surface area is 316 Å². The second-order valence-electron chi connectivity index (χ2n) is 14.4.